The first-order valence-corrected chi connectivity index (χ1v) is 8.21. The fraction of sp³-hybridized carbons (Fsp3) is 0.105. The molecule has 24 heavy (non-hydrogen) atoms. The second-order valence-corrected chi connectivity index (χ2v) is 6.14. The standard InChI is InChI=1S/C19H15Cl2NO2/c1-12(19(23)22-18-15(20)9-5-10-16(18)21)24-17-11-4-7-13-6-2-3-8-14(13)17/h2-12H,1H3,(H,22,23). The molecule has 1 unspecified atom stereocenters. The lowest BCUT2D eigenvalue weighted by Crippen LogP contribution is -2.30. The molecular weight excluding hydrogens is 345 g/mol. The highest BCUT2D eigenvalue weighted by atomic mass is 35.5. The van der Waals surface area contributed by atoms with E-state index in [1.54, 1.807) is 25.1 Å². The van der Waals surface area contributed by atoms with E-state index in [4.69, 9.17) is 27.9 Å². The number of benzene rings is 3. The molecular formula is C19H15Cl2NO2. The third kappa shape index (κ3) is 3.48. The van der Waals surface area contributed by atoms with Crippen molar-refractivity contribution in [1.82, 2.24) is 0 Å². The Hall–Kier alpha value is -2.23. The molecule has 0 fully saturated rings. The number of ether oxygens (including phenoxy) is 1. The van der Waals surface area contributed by atoms with E-state index in [0.29, 0.717) is 21.5 Å². The second-order valence-electron chi connectivity index (χ2n) is 5.32. The van der Waals surface area contributed by atoms with Crippen LogP contribution in [0.5, 0.6) is 5.75 Å². The lowest BCUT2D eigenvalue weighted by molar-refractivity contribution is -0.122. The van der Waals surface area contributed by atoms with Gasteiger partial charge in [0.1, 0.15) is 5.75 Å². The van der Waals surface area contributed by atoms with Gasteiger partial charge in [0, 0.05) is 5.39 Å². The second kappa shape index (κ2) is 7.12. The molecule has 1 atom stereocenters. The highest BCUT2D eigenvalue weighted by Crippen LogP contribution is 2.30. The van der Waals surface area contributed by atoms with E-state index in [1.807, 2.05) is 42.5 Å². The topological polar surface area (TPSA) is 38.3 Å². The number of nitrogens with one attached hydrogen (secondary N) is 1. The summed E-state index contributed by atoms with van der Waals surface area (Å²) in [4.78, 5) is 12.4. The van der Waals surface area contributed by atoms with Gasteiger partial charge in [0.05, 0.1) is 15.7 Å². The van der Waals surface area contributed by atoms with Gasteiger partial charge in [-0.1, -0.05) is 65.7 Å². The Labute approximate surface area is 150 Å². The van der Waals surface area contributed by atoms with Gasteiger partial charge < -0.3 is 10.1 Å². The quantitative estimate of drug-likeness (QED) is 0.662. The van der Waals surface area contributed by atoms with Crippen LogP contribution >= 0.6 is 23.2 Å². The Balaban J connectivity index is 1.79. The highest BCUT2D eigenvalue weighted by molar-refractivity contribution is 6.39. The number of anilines is 1. The van der Waals surface area contributed by atoms with E-state index < -0.39 is 6.10 Å². The highest BCUT2D eigenvalue weighted by Gasteiger charge is 2.18. The molecule has 0 aliphatic heterocycles. The summed E-state index contributed by atoms with van der Waals surface area (Å²) in [6.45, 7) is 1.68. The van der Waals surface area contributed by atoms with E-state index in [0.717, 1.165) is 10.8 Å². The molecule has 0 aliphatic rings. The van der Waals surface area contributed by atoms with Crippen molar-refractivity contribution < 1.29 is 9.53 Å². The van der Waals surface area contributed by atoms with E-state index in [9.17, 15) is 4.79 Å². The number of carbonyl (C=O) groups is 1. The first kappa shape index (κ1) is 16.6. The average molecular weight is 360 g/mol. The van der Waals surface area contributed by atoms with Crippen LogP contribution in [-0.2, 0) is 4.79 Å². The molecule has 0 heterocycles. The number of hydrogen-bond donors (Lipinski definition) is 1. The fourth-order valence-electron chi connectivity index (χ4n) is 2.38. The van der Waals surface area contributed by atoms with E-state index >= 15 is 0 Å². The van der Waals surface area contributed by atoms with Crippen molar-refractivity contribution in [3.8, 4) is 5.75 Å². The van der Waals surface area contributed by atoms with Crippen LogP contribution in [0.3, 0.4) is 0 Å². The maximum absolute atomic E-state index is 12.4. The summed E-state index contributed by atoms with van der Waals surface area (Å²) in [5.41, 5.74) is 0.388. The van der Waals surface area contributed by atoms with Crippen LogP contribution in [0.25, 0.3) is 10.8 Å². The monoisotopic (exact) mass is 359 g/mol. The molecule has 3 rings (SSSR count). The first-order chi connectivity index (χ1) is 11.6. The molecule has 0 spiro atoms. The SMILES string of the molecule is CC(Oc1cccc2ccccc12)C(=O)Nc1c(Cl)cccc1Cl. The van der Waals surface area contributed by atoms with E-state index in [-0.39, 0.29) is 5.91 Å². The van der Waals surface area contributed by atoms with Gasteiger partial charge in [-0.3, -0.25) is 4.79 Å². The van der Waals surface area contributed by atoms with Gasteiger partial charge in [0.2, 0.25) is 0 Å². The molecule has 3 aromatic carbocycles. The molecule has 0 saturated heterocycles. The summed E-state index contributed by atoms with van der Waals surface area (Å²) in [7, 11) is 0. The number of hydrogen-bond acceptors (Lipinski definition) is 2. The summed E-state index contributed by atoms with van der Waals surface area (Å²) in [5, 5.41) is 5.49. The lowest BCUT2D eigenvalue weighted by atomic mass is 10.1. The van der Waals surface area contributed by atoms with E-state index in [2.05, 4.69) is 5.32 Å². The molecule has 0 saturated carbocycles. The molecule has 0 bridgehead atoms. The minimum Gasteiger partial charge on any atom is -0.480 e. The van der Waals surface area contributed by atoms with Crippen molar-refractivity contribution >= 4 is 45.6 Å². The number of para-hydroxylation sites is 1. The molecule has 0 aliphatic carbocycles. The number of amides is 1. The smallest absolute Gasteiger partial charge is 0.265 e. The number of rotatable bonds is 4. The minimum atomic E-state index is -0.705. The van der Waals surface area contributed by atoms with Gasteiger partial charge >= 0.3 is 0 Å². The van der Waals surface area contributed by atoms with Crippen molar-refractivity contribution in [2.75, 3.05) is 5.32 Å². The number of carbonyl (C=O) groups excluding carboxylic acids is 1. The third-order valence-electron chi connectivity index (χ3n) is 3.63. The van der Waals surface area contributed by atoms with Crippen LogP contribution in [0.4, 0.5) is 5.69 Å². The Morgan fingerprint density at radius 1 is 0.958 bits per heavy atom. The van der Waals surface area contributed by atoms with E-state index in [1.165, 1.54) is 0 Å². The van der Waals surface area contributed by atoms with Crippen LogP contribution in [-0.4, -0.2) is 12.0 Å². The van der Waals surface area contributed by atoms with Gasteiger partial charge in [-0.15, -0.1) is 0 Å². The maximum Gasteiger partial charge on any atom is 0.265 e. The predicted molar refractivity (Wildman–Crippen MR) is 99.1 cm³/mol. The maximum atomic E-state index is 12.4. The molecule has 0 radical (unpaired) electrons. The zero-order valence-corrected chi connectivity index (χ0v) is 14.4. The average Bonchev–Trinajstić information content (AvgIpc) is 2.58. The Morgan fingerprint density at radius 2 is 1.58 bits per heavy atom. The fourth-order valence-corrected chi connectivity index (χ4v) is 2.88. The third-order valence-corrected chi connectivity index (χ3v) is 4.26. The summed E-state index contributed by atoms with van der Waals surface area (Å²) in [6.07, 6.45) is -0.705. The van der Waals surface area contributed by atoms with Gasteiger partial charge in [0.25, 0.3) is 5.91 Å². The van der Waals surface area contributed by atoms with Crippen molar-refractivity contribution in [2.24, 2.45) is 0 Å². The zero-order valence-electron chi connectivity index (χ0n) is 12.9. The van der Waals surface area contributed by atoms with Gasteiger partial charge in [-0.05, 0) is 30.5 Å². The van der Waals surface area contributed by atoms with Crippen LogP contribution < -0.4 is 10.1 Å². The molecule has 1 N–H and O–H groups in total. The molecule has 5 heteroatoms. The van der Waals surface area contributed by atoms with Crippen molar-refractivity contribution in [1.29, 1.82) is 0 Å². The predicted octanol–water partition coefficient (Wildman–Crippen LogP) is 5.55. The van der Waals surface area contributed by atoms with Crippen LogP contribution in [0.2, 0.25) is 10.0 Å². The van der Waals surface area contributed by atoms with Crippen LogP contribution in [0.1, 0.15) is 6.92 Å². The molecule has 3 nitrogen and oxygen atoms in total. The zero-order chi connectivity index (χ0) is 17.1. The number of fused-ring (bicyclic) bond motifs is 1. The normalized spacial score (nSPS) is 12.0. The number of halogens is 2. The summed E-state index contributed by atoms with van der Waals surface area (Å²) in [6, 6.07) is 18.6. The van der Waals surface area contributed by atoms with Gasteiger partial charge in [-0.2, -0.15) is 0 Å². The van der Waals surface area contributed by atoms with Gasteiger partial charge in [0.15, 0.2) is 6.10 Å². The summed E-state index contributed by atoms with van der Waals surface area (Å²) >= 11 is 12.2. The van der Waals surface area contributed by atoms with Crippen molar-refractivity contribution in [3.63, 3.8) is 0 Å². The molecule has 0 aromatic heterocycles. The van der Waals surface area contributed by atoms with Crippen LogP contribution in [0, 0.1) is 0 Å². The van der Waals surface area contributed by atoms with Gasteiger partial charge in [-0.25, -0.2) is 0 Å². The molecule has 3 aromatic rings. The molecule has 122 valence electrons. The molecule has 1 amide bonds. The summed E-state index contributed by atoms with van der Waals surface area (Å²) < 4.78 is 5.84. The lowest BCUT2D eigenvalue weighted by Gasteiger charge is -2.17. The first-order valence-electron chi connectivity index (χ1n) is 7.45. The van der Waals surface area contributed by atoms with Crippen molar-refractivity contribution in [2.45, 2.75) is 13.0 Å². The Morgan fingerprint density at radius 3 is 2.33 bits per heavy atom. The Kier molecular flexibility index (Phi) is 4.93. The Bertz CT molecular complexity index is 870. The van der Waals surface area contributed by atoms with Crippen molar-refractivity contribution in [3.05, 3.63) is 70.7 Å². The van der Waals surface area contributed by atoms with Crippen LogP contribution in [0.15, 0.2) is 60.7 Å². The minimum absolute atomic E-state index is 0.321. The summed E-state index contributed by atoms with van der Waals surface area (Å²) in [5.74, 6) is 0.332. The largest absolute Gasteiger partial charge is 0.480 e.